The lowest BCUT2D eigenvalue weighted by atomic mass is 9.72. The number of carbonyl (C=O) groups excluding carboxylic acids is 1. The standard InChI is InChI=1S/C17H16FN3O2S/c1-17(2)11(7-19)15(22)21-16(12(17)8-20)24-9-10-4-5-14(23-3)13(18)6-10/h4-6,11H,9H2,1-3H3,(H,21,22). The van der Waals surface area contributed by atoms with E-state index in [4.69, 9.17) is 4.74 Å². The molecule has 0 spiro atoms. The second kappa shape index (κ2) is 6.94. The van der Waals surface area contributed by atoms with E-state index in [9.17, 15) is 19.7 Å². The van der Waals surface area contributed by atoms with Gasteiger partial charge in [-0.3, -0.25) is 4.79 Å². The molecule has 1 aromatic rings. The average Bonchev–Trinajstić information content (AvgIpc) is 2.52. The van der Waals surface area contributed by atoms with Crippen LogP contribution in [-0.2, 0) is 10.5 Å². The first-order chi connectivity index (χ1) is 11.3. The fourth-order valence-corrected chi connectivity index (χ4v) is 3.61. The van der Waals surface area contributed by atoms with E-state index >= 15 is 0 Å². The summed E-state index contributed by atoms with van der Waals surface area (Å²) in [6, 6.07) is 8.65. The maximum Gasteiger partial charge on any atom is 0.243 e. The van der Waals surface area contributed by atoms with E-state index in [2.05, 4.69) is 11.4 Å². The number of nitriles is 2. The topological polar surface area (TPSA) is 85.9 Å². The lowest BCUT2D eigenvalue weighted by Gasteiger charge is -2.34. The molecular formula is C17H16FN3O2S. The van der Waals surface area contributed by atoms with Gasteiger partial charge < -0.3 is 10.1 Å². The Labute approximate surface area is 144 Å². The van der Waals surface area contributed by atoms with E-state index in [1.165, 1.54) is 31.0 Å². The summed E-state index contributed by atoms with van der Waals surface area (Å²) in [5.74, 6) is -1.29. The molecule has 7 heteroatoms. The Bertz CT molecular complexity index is 790. The van der Waals surface area contributed by atoms with Crippen LogP contribution in [0, 0.1) is 39.8 Å². The van der Waals surface area contributed by atoms with Crippen LogP contribution in [0.1, 0.15) is 19.4 Å². The Morgan fingerprint density at radius 3 is 2.67 bits per heavy atom. The highest BCUT2D eigenvalue weighted by Crippen LogP contribution is 2.42. The van der Waals surface area contributed by atoms with Gasteiger partial charge >= 0.3 is 0 Å². The monoisotopic (exact) mass is 345 g/mol. The number of halogens is 1. The molecule has 24 heavy (non-hydrogen) atoms. The Morgan fingerprint density at radius 2 is 2.12 bits per heavy atom. The van der Waals surface area contributed by atoms with Gasteiger partial charge in [-0.05, 0) is 17.7 Å². The maximum absolute atomic E-state index is 13.7. The predicted octanol–water partition coefficient (Wildman–Crippen LogP) is 3.10. The van der Waals surface area contributed by atoms with E-state index in [1.54, 1.807) is 19.9 Å². The molecule has 1 aromatic carbocycles. The number of hydrogen-bond donors (Lipinski definition) is 1. The van der Waals surface area contributed by atoms with Gasteiger partial charge in [-0.15, -0.1) is 11.8 Å². The molecule has 0 aliphatic carbocycles. The molecule has 1 atom stereocenters. The van der Waals surface area contributed by atoms with Crippen molar-refractivity contribution >= 4 is 17.7 Å². The van der Waals surface area contributed by atoms with Gasteiger partial charge in [0.05, 0.1) is 29.9 Å². The van der Waals surface area contributed by atoms with Crippen LogP contribution in [0.5, 0.6) is 5.75 Å². The van der Waals surface area contributed by atoms with Gasteiger partial charge in [-0.2, -0.15) is 10.5 Å². The number of benzene rings is 1. The largest absolute Gasteiger partial charge is 0.494 e. The lowest BCUT2D eigenvalue weighted by Crippen LogP contribution is -2.44. The van der Waals surface area contributed by atoms with Crippen molar-refractivity contribution in [1.82, 2.24) is 5.32 Å². The zero-order chi connectivity index (χ0) is 17.9. The molecule has 0 radical (unpaired) electrons. The molecule has 1 unspecified atom stereocenters. The van der Waals surface area contributed by atoms with Crippen LogP contribution in [-0.4, -0.2) is 13.0 Å². The van der Waals surface area contributed by atoms with Gasteiger partial charge in [-0.25, -0.2) is 4.39 Å². The quantitative estimate of drug-likeness (QED) is 0.906. The highest BCUT2D eigenvalue weighted by atomic mass is 32.2. The zero-order valence-corrected chi connectivity index (χ0v) is 14.3. The van der Waals surface area contributed by atoms with Crippen molar-refractivity contribution in [3.05, 3.63) is 40.2 Å². The number of amides is 1. The number of ether oxygens (including phenoxy) is 1. The summed E-state index contributed by atoms with van der Waals surface area (Å²) >= 11 is 1.23. The minimum absolute atomic E-state index is 0.157. The Hall–Kier alpha value is -2.51. The van der Waals surface area contributed by atoms with Crippen molar-refractivity contribution in [2.75, 3.05) is 7.11 Å². The van der Waals surface area contributed by atoms with Gasteiger partial charge in [0.25, 0.3) is 0 Å². The highest BCUT2D eigenvalue weighted by Gasteiger charge is 2.44. The molecule has 2 rings (SSSR count). The second-order valence-corrected chi connectivity index (χ2v) is 6.83. The van der Waals surface area contributed by atoms with Gasteiger partial charge in [0.1, 0.15) is 5.92 Å². The molecule has 0 fully saturated rings. The molecule has 0 aromatic heterocycles. The van der Waals surface area contributed by atoms with Crippen LogP contribution >= 0.6 is 11.8 Å². The number of methoxy groups -OCH3 is 1. The van der Waals surface area contributed by atoms with Gasteiger partial charge in [0, 0.05) is 11.2 Å². The summed E-state index contributed by atoms with van der Waals surface area (Å²) in [5, 5.41) is 21.7. The zero-order valence-electron chi connectivity index (χ0n) is 13.5. The third-order valence-corrected chi connectivity index (χ3v) is 5.00. The molecule has 1 heterocycles. The van der Waals surface area contributed by atoms with Gasteiger partial charge in [0.2, 0.25) is 5.91 Å². The first-order valence-corrected chi connectivity index (χ1v) is 8.14. The summed E-state index contributed by atoms with van der Waals surface area (Å²) in [5.41, 5.74) is 0.171. The smallest absolute Gasteiger partial charge is 0.243 e. The van der Waals surface area contributed by atoms with E-state index < -0.39 is 23.1 Å². The fourth-order valence-electron chi connectivity index (χ4n) is 2.49. The number of nitrogens with zero attached hydrogens (tertiary/aromatic N) is 2. The summed E-state index contributed by atoms with van der Waals surface area (Å²) in [7, 11) is 1.39. The normalized spacial score (nSPS) is 19.2. The first-order valence-electron chi connectivity index (χ1n) is 7.15. The fraction of sp³-hybridized carbons (Fsp3) is 0.353. The molecule has 0 saturated carbocycles. The molecular weight excluding hydrogens is 329 g/mol. The van der Waals surface area contributed by atoms with E-state index in [0.717, 1.165) is 0 Å². The van der Waals surface area contributed by atoms with Crippen LogP contribution < -0.4 is 10.1 Å². The Balaban J connectivity index is 2.26. The van der Waals surface area contributed by atoms with Gasteiger partial charge in [0.15, 0.2) is 11.6 Å². The minimum atomic E-state index is -0.921. The van der Waals surface area contributed by atoms with Crippen molar-refractivity contribution < 1.29 is 13.9 Å². The van der Waals surface area contributed by atoms with Gasteiger partial charge in [-0.1, -0.05) is 19.9 Å². The number of hydrogen-bond acceptors (Lipinski definition) is 5. The van der Waals surface area contributed by atoms with Crippen LogP contribution in [0.4, 0.5) is 4.39 Å². The van der Waals surface area contributed by atoms with Crippen molar-refractivity contribution in [1.29, 1.82) is 10.5 Å². The molecule has 0 bridgehead atoms. The van der Waals surface area contributed by atoms with Crippen molar-refractivity contribution in [3.8, 4) is 17.9 Å². The lowest BCUT2D eigenvalue weighted by molar-refractivity contribution is -0.125. The number of thioether (sulfide) groups is 1. The molecule has 1 amide bonds. The highest BCUT2D eigenvalue weighted by molar-refractivity contribution is 8.02. The number of carbonyl (C=O) groups is 1. The van der Waals surface area contributed by atoms with Crippen LogP contribution in [0.2, 0.25) is 0 Å². The summed E-state index contributed by atoms with van der Waals surface area (Å²) in [6.07, 6.45) is 0. The molecule has 1 aliphatic rings. The van der Waals surface area contributed by atoms with Crippen LogP contribution in [0.25, 0.3) is 0 Å². The number of rotatable bonds is 4. The second-order valence-electron chi connectivity index (χ2n) is 5.85. The number of nitrogens with one attached hydrogen (secondary N) is 1. The predicted molar refractivity (Wildman–Crippen MR) is 87.9 cm³/mol. The molecule has 1 aliphatic heterocycles. The summed E-state index contributed by atoms with van der Waals surface area (Å²) in [6.45, 7) is 3.40. The minimum Gasteiger partial charge on any atom is -0.494 e. The molecule has 5 nitrogen and oxygen atoms in total. The summed E-state index contributed by atoms with van der Waals surface area (Å²) < 4.78 is 18.6. The van der Waals surface area contributed by atoms with Crippen LogP contribution in [0.15, 0.2) is 28.8 Å². The van der Waals surface area contributed by atoms with Crippen LogP contribution in [0.3, 0.4) is 0 Å². The van der Waals surface area contributed by atoms with E-state index in [-0.39, 0.29) is 5.75 Å². The molecule has 124 valence electrons. The molecule has 0 saturated heterocycles. The average molecular weight is 345 g/mol. The van der Waals surface area contributed by atoms with E-state index in [0.29, 0.717) is 21.9 Å². The third-order valence-electron chi connectivity index (χ3n) is 3.93. The van der Waals surface area contributed by atoms with Crippen molar-refractivity contribution in [3.63, 3.8) is 0 Å². The number of allylic oxidation sites excluding steroid dienone is 1. The Kier molecular flexibility index (Phi) is 5.16. The Morgan fingerprint density at radius 1 is 1.42 bits per heavy atom. The SMILES string of the molecule is COc1ccc(CSC2=C(C#N)C(C)(C)C(C#N)C(=O)N2)cc1F. The van der Waals surface area contributed by atoms with E-state index in [1.807, 2.05) is 6.07 Å². The first kappa shape index (κ1) is 17.8. The third kappa shape index (κ3) is 3.22. The van der Waals surface area contributed by atoms with Crippen molar-refractivity contribution in [2.45, 2.75) is 19.6 Å². The van der Waals surface area contributed by atoms with Crippen molar-refractivity contribution in [2.24, 2.45) is 11.3 Å². The molecule has 1 N–H and O–H groups in total. The maximum atomic E-state index is 13.7. The summed E-state index contributed by atoms with van der Waals surface area (Å²) in [4.78, 5) is 12.1.